The summed E-state index contributed by atoms with van der Waals surface area (Å²) in [6.45, 7) is 6.83. The lowest BCUT2D eigenvalue weighted by atomic mass is 10.1. The van der Waals surface area contributed by atoms with Gasteiger partial charge in [0.25, 0.3) is 0 Å². The molecule has 0 amide bonds. The molecular formula is C12H17N. The summed E-state index contributed by atoms with van der Waals surface area (Å²) in [7, 11) is 0. The number of rotatable bonds is 2. The molecule has 1 aromatic carbocycles. The molecule has 0 bridgehead atoms. The highest BCUT2D eigenvalue weighted by Crippen LogP contribution is 2.28. The molecule has 0 aliphatic carbocycles. The van der Waals surface area contributed by atoms with Crippen LogP contribution in [0.5, 0.6) is 0 Å². The number of hydrogen-bond donors (Lipinski definition) is 0. The molecule has 0 N–H and O–H groups in total. The van der Waals surface area contributed by atoms with E-state index >= 15 is 0 Å². The first-order valence-corrected chi connectivity index (χ1v) is 5.15. The monoisotopic (exact) mass is 175 g/mol. The van der Waals surface area contributed by atoms with Gasteiger partial charge in [-0.2, -0.15) is 0 Å². The number of anilines is 1. The maximum Gasteiger partial charge on any atom is 0.0402 e. The van der Waals surface area contributed by atoms with Crippen LogP contribution >= 0.6 is 0 Å². The Morgan fingerprint density at radius 2 is 2.23 bits per heavy atom. The van der Waals surface area contributed by atoms with Gasteiger partial charge in [0.1, 0.15) is 0 Å². The zero-order valence-corrected chi connectivity index (χ0v) is 8.51. The quantitative estimate of drug-likeness (QED) is 0.668. The Balaban J connectivity index is 2.29. The Kier molecular flexibility index (Phi) is 2.26. The van der Waals surface area contributed by atoms with E-state index in [1.165, 1.54) is 42.7 Å². The molecule has 1 heteroatoms. The van der Waals surface area contributed by atoms with E-state index in [0.717, 1.165) is 0 Å². The molecule has 1 aromatic rings. The predicted molar refractivity (Wildman–Crippen MR) is 57.4 cm³/mol. The third kappa shape index (κ3) is 1.55. The Morgan fingerprint density at radius 1 is 1.38 bits per heavy atom. The molecule has 1 heterocycles. The van der Waals surface area contributed by atoms with Gasteiger partial charge in [-0.05, 0) is 37.0 Å². The summed E-state index contributed by atoms with van der Waals surface area (Å²) in [5.41, 5.74) is 4.38. The second-order valence-electron chi connectivity index (χ2n) is 3.87. The minimum atomic E-state index is 1.20. The maximum absolute atomic E-state index is 2.50. The lowest BCUT2D eigenvalue weighted by molar-refractivity contribution is 0.796. The van der Waals surface area contributed by atoms with Crippen LogP contribution in [-0.2, 0) is 6.42 Å². The second kappa shape index (κ2) is 3.41. The fraction of sp³-hybridized carbons (Fsp3) is 0.500. The van der Waals surface area contributed by atoms with Crippen molar-refractivity contribution in [2.24, 2.45) is 0 Å². The van der Waals surface area contributed by atoms with Gasteiger partial charge in [-0.3, -0.25) is 0 Å². The molecule has 2 rings (SSSR count). The van der Waals surface area contributed by atoms with Gasteiger partial charge >= 0.3 is 0 Å². The van der Waals surface area contributed by atoms with Crippen molar-refractivity contribution in [3.05, 3.63) is 29.3 Å². The van der Waals surface area contributed by atoms with Crippen LogP contribution in [0.2, 0.25) is 0 Å². The average Bonchev–Trinajstić information content (AvgIpc) is 2.49. The lowest BCUT2D eigenvalue weighted by Crippen LogP contribution is -2.20. The molecular weight excluding hydrogens is 158 g/mol. The van der Waals surface area contributed by atoms with Crippen molar-refractivity contribution in [1.82, 2.24) is 0 Å². The first kappa shape index (κ1) is 8.61. The van der Waals surface area contributed by atoms with Crippen LogP contribution in [0.3, 0.4) is 0 Å². The molecule has 0 saturated carbocycles. The summed E-state index contributed by atoms with van der Waals surface area (Å²) < 4.78 is 0. The second-order valence-corrected chi connectivity index (χ2v) is 3.87. The van der Waals surface area contributed by atoms with Gasteiger partial charge in [0.2, 0.25) is 0 Å². The van der Waals surface area contributed by atoms with Crippen molar-refractivity contribution in [2.75, 3.05) is 18.0 Å². The van der Waals surface area contributed by atoms with Crippen LogP contribution < -0.4 is 4.90 Å². The summed E-state index contributed by atoms with van der Waals surface area (Å²) in [5, 5.41) is 0. The smallest absolute Gasteiger partial charge is 0.0402 e. The summed E-state index contributed by atoms with van der Waals surface area (Å²) in [5.74, 6) is 0. The van der Waals surface area contributed by atoms with Crippen molar-refractivity contribution in [2.45, 2.75) is 26.7 Å². The minimum absolute atomic E-state index is 1.20. The first-order valence-electron chi connectivity index (χ1n) is 5.15. The highest BCUT2D eigenvalue weighted by Gasteiger charge is 2.17. The molecule has 13 heavy (non-hydrogen) atoms. The maximum atomic E-state index is 2.50. The van der Waals surface area contributed by atoms with E-state index in [0.29, 0.717) is 0 Å². The van der Waals surface area contributed by atoms with Crippen LogP contribution in [0.25, 0.3) is 0 Å². The van der Waals surface area contributed by atoms with Gasteiger partial charge < -0.3 is 4.90 Å². The minimum Gasteiger partial charge on any atom is -0.371 e. The molecule has 0 atom stereocenters. The molecule has 0 aromatic heterocycles. The standard InChI is InChI=1S/C12H17N/c1-3-7-13-8-6-11-5-4-10(2)9-12(11)13/h4-5,9H,3,6-8H2,1-2H3. The molecule has 0 radical (unpaired) electrons. The average molecular weight is 175 g/mol. The summed E-state index contributed by atoms with van der Waals surface area (Å²) in [6.07, 6.45) is 2.48. The predicted octanol–water partition coefficient (Wildman–Crippen LogP) is 2.77. The van der Waals surface area contributed by atoms with Crippen LogP contribution in [-0.4, -0.2) is 13.1 Å². The first-order chi connectivity index (χ1) is 6.31. The third-order valence-corrected chi connectivity index (χ3v) is 2.73. The van der Waals surface area contributed by atoms with Crippen LogP contribution in [0.1, 0.15) is 24.5 Å². The molecule has 70 valence electrons. The van der Waals surface area contributed by atoms with E-state index in [1.807, 2.05) is 0 Å². The zero-order chi connectivity index (χ0) is 9.26. The molecule has 0 unspecified atom stereocenters. The summed E-state index contributed by atoms with van der Waals surface area (Å²) >= 11 is 0. The van der Waals surface area contributed by atoms with Crippen molar-refractivity contribution >= 4 is 5.69 Å². The number of fused-ring (bicyclic) bond motifs is 1. The van der Waals surface area contributed by atoms with Crippen molar-refractivity contribution in [3.8, 4) is 0 Å². The Labute approximate surface area is 80.4 Å². The van der Waals surface area contributed by atoms with E-state index in [-0.39, 0.29) is 0 Å². The van der Waals surface area contributed by atoms with Crippen molar-refractivity contribution in [3.63, 3.8) is 0 Å². The van der Waals surface area contributed by atoms with Crippen LogP contribution in [0.15, 0.2) is 18.2 Å². The largest absolute Gasteiger partial charge is 0.371 e. The van der Waals surface area contributed by atoms with Crippen LogP contribution in [0, 0.1) is 6.92 Å². The summed E-state index contributed by atoms with van der Waals surface area (Å²) in [4.78, 5) is 2.50. The van der Waals surface area contributed by atoms with Gasteiger partial charge in [-0.15, -0.1) is 0 Å². The molecule has 0 saturated heterocycles. The van der Waals surface area contributed by atoms with Gasteiger partial charge in [0.05, 0.1) is 0 Å². The number of benzene rings is 1. The van der Waals surface area contributed by atoms with Crippen molar-refractivity contribution < 1.29 is 0 Å². The highest BCUT2D eigenvalue weighted by atomic mass is 15.1. The number of hydrogen-bond acceptors (Lipinski definition) is 1. The lowest BCUT2D eigenvalue weighted by Gasteiger charge is -2.18. The van der Waals surface area contributed by atoms with E-state index in [4.69, 9.17) is 0 Å². The molecule has 1 aliphatic rings. The summed E-state index contributed by atoms with van der Waals surface area (Å²) in [6, 6.07) is 6.81. The fourth-order valence-corrected chi connectivity index (χ4v) is 2.06. The van der Waals surface area contributed by atoms with Gasteiger partial charge in [-0.1, -0.05) is 19.1 Å². The van der Waals surface area contributed by atoms with Crippen molar-refractivity contribution in [1.29, 1.82) is 0 Å². The topological polar surface area (TPSA) is 3.24 Å². The molecule has 1 nitrogen and oxygen atoms in total. The number of nitrogens with zero attached hydrogens (tertiary/aromatic N) is 1. The molecule has 1 aliphatic heterocycles. The van der Waals surface area contributed by atoms with E-state index < -0.39 is 0 Å². The van der Waals surface area contributed by atoms with Crippen LogP contribution in [0.4, 0.5) is 5.69 Å². The van der Waals surface area contributed by atoms with Gasteiger partial charge in [0, 0.05) is 18.8 Å². The zero-order valence-electron chi connectivity index (χ0n) is 8.51. The SMILES string of the molecule is CCCN1CCc2ccc(C)cc21. The molecule has 0 spiro atoms. The van der Waals surface area contributed by atoms with Gasteiger partial charge in [-0.25, -0.2) is 0 Å². The Bertz CT molecular complexity index is 302. The molecule has 0 fully saturated rings. The van der Waals surface area contributed by atoms with E-state index in [2.05, 4.69) is 36.9 Å². The highest BCUT2D eigenvalue weighted by molar-refractivity contribution is 5.59. The normalized spacial score (nSPS) is 14.8. The fourth-order valence-electron chi connectivity index (χ4n) is 2.06. The number of aryl methyl sites for hydroxylation is 1. The Hall–Kier alpha value is -0.980. The Morgan fingerprint density at radius 3 is 3.00 bits per heavy atom. The van der Waals surface area contributed by atoms with Gasteiger partial charge in [0.15, 0.2) is 0 Å². The third-order valence-electron chi connectivity index (χ3n) is 2.73. The van der Waals surface area contributed by atoms with E-state index in [9.17, 15) is 0 Å². The van der Waals surface area contributed by atoms with E-state index in [1.54, 1.807) is 0 Å².